The van der Waals surface area contributed by atoms with E-state index in [9.17, 15) is 0 Å². The molecule has 1 heterocycles. The third-order valence-electron chi connectivity index (χ3n) is 3.53. The molecular formula is C17H26BrNO2. The van der Waals surface area contributed by atoms with Crippen LogP contribution in [0.15, 0.2) is 22.7 Å². The largest absolute Gasteiger partial charge is 0.376 e. The number of hydrogen-bond acceptors (Lipinski definition) is 3. The first-order chi connectivity index (χ1) is 9.94. The van der Waals surface area contributed by atoms with Gasteiger partial charge in [-0.1, -0.05) is 28.1 Å². The van der Waals surface area contributed by atoms with Crippen LogP contribution in [0, 0.1) is 0 Å². The van der Waals surface area contributed by atoms with Crippen LogP contribution in [0.25, 0.3) is 0 Å². The lowest BCUT2D eigenvalue weighted by molar-refractivity contribution is 0.0104. The summed E-state index contributed by atoms with van der Waals surface area (Å²) in [5.74, 6) is 0. The summed E-state index contributed by atoms with van der Waals surface area (Å²) in [5, 5.41) is 3.50. The highest BCUT2D eigenvalue weighted by Crippen LogP contribution is 2.21. The molecule has 0 aliphatic carbocycles. The molecule has 1 fully saturated rings. The standard InChI is InChI=1S/C17H26BrNO2/c1-17(2,3)19-10-13-6-7-14(16(18)9-13)11-20-12-15-5-4-8-21-15/h6-7,9,15,19H,4-5,8,10-12H2,1-3H3. The third-order valence-corrected chi connectivity index (χ3v) is 4.26. The van der Waals surface area contributed by atoms with Gasteiger partial charge in [-0.25, -0.2) is 0 Å². The van der Waals surface area contributed by atoms with E-state index < -0.39 is 0 Å². The second-order valence-electron chi connectivity index (χ2n) is 6.68. The summed E-state index contributed by atoms with van der Waals surface area (Å²) in [6, 6.07) is 6.47. The van der Waals surface area contributed by atoms with Crippen molar-refractivity contribution >= 4 is 15.9 Å². The number of nitrogens with one attached hydrogen (secondary N) is 1. The van der Waals surface area contributed by atoms with Crippen LogP contribution in [0.2, 0.25) is 0 Å². The molecule has 1 unspecified atom stereocenters. The first kappa shape index (κ1) is 16.9. The lowest BCUT2D eigenvalue weighted by Gasteiger charge is -2.21. The van der Waals surface area contributed by atoms with Crippen molar-refractivity contribution in [1.29, 1.82) is 0 Å². The van der Waals surface area contributed by atoms with Crippen LogP contribution in [-0.4, -0.2) is 24.9 Å². The Morgan fingerprint density at radius 1 is 1.38 bits per heavy atom. The first-order valence-corrected chi connectivity index (χ1v) is 8.45. The lowest BCUT2D eigenvalue weighted by Crippen LogP contribution is -2.35. The van der Waals surface area contributed by atoms with E-state index in [4.69, 9.17) is 9.47 Å². The molecule has 1 aliphatic heterocycles. The van der Waals surface area contributed by atoms with E-state index in [1.165, 1.54) is 11.1 Å². The van der Waals surface area contributed by atoms with Gasteiger partial charge >= 0.3 is 0 Å². The van der Waals surface area contributed by atoms with Crippen molar-refractivity contribution in [3.05, 3.63) is 33.8 Å². The maximum Gasteiger partial charge on any atom is 0.0809 e. The Morgan fingerprint density at radius 2 is 2.19 bits per heavy atom. The minimum Gasteiger partial charge on any atom is -0.376 e. The van der Waals surface area contributed by atoms with Gasteiger partial charge in [0.2, 0.25) is 0 Å². The van der Waals surface area contributed by atoms with E-state index in [0.717, 1.165) is 30.5 Å². The van der Waals surface area contributed by atoms with Crippen molar-refractivity contribution in [3.8, 4) is 0 Å². The Bertz CT molecular complexity index is 451. The van der Waals surface area contributed by atoms with E-state index in [-0.39, 0.29) is 5.54 Å². The van der Waals surface area contributed by atoms with E-state index >= 15 is 0 Å². The van der Waals surface area contributed by atoms with Gasteiger partial charge in [-0.15, -0.1) is 0 Å². The van der Waals surface area contributed by atoms with Gasteiger partial charge < -0.3 is 14.8 Å². The van der Waals surface area contributed by atoms with Gasteiger partial charge in [-0.2, -0.15) is 0 Å². The maximum absolute atomic E-state index is 5.77. The van der Waals surface area contributed by atoms with Gasteiger partial charge in [0, 0.05) is 23.2 Å². The summed E-state index contributed by atoms with van der Waals surface area (Å²) in [6.07, 6.45) is 2.57. The third kappa shape index (κ3) is 6.07. The normalized spacial score (nSPS) is 19.1. The Kier molecular flexibility index (Phi) is 6.23. The maximum atomic E-state index is 5.77. The second-order valence-corrected chi connectivity index (χ2v) is 7.53. The molecule has 0 radical (unpaired) electrons. The minimum atomic E-state index is 0.134. The molecule has 0 bridgehead atoms. The minimum absolute atomic E-state index is 0.134. The summed E-state index contributed by atoms with van der Waals surface area (Å²) in [4.78, 5) is 0. The molecule has 1 aromatic rings. The first-order valence-electron chi connectivity index (χ1n) is 7.66. The molecule has 4 heteroatoms. The van der Waals surface area contributed by atoms with E-state index in [1.54, 1.807) is 0 Å². The summed E-state index contributed by atoms with van der Waals surface area (Å²) in [6.45, 7) is 9.61. The summed E-state index contributed by atoms with van der Waals surface area (Å²) >= 11 is 3.64. The fourth-order valence-corrected chi connectivity index (χ4v) is 2.80. The Labute approximate surface area is 136 Å². The van der Waals surface area contributed by atoms with Gasteiger partial charge in [-0.3, -0.25) is 0 Å². The van der Waals surface area contributed by atoms with Crippen LogP contribution in [0.4, 0.5) is 0 Å². The predicted molar refractivity (Wildman–Crippen MR) is 89.4 cm³/mol. The Morgan fingerprint density at radius 3 is 2.81 bits per heavy atom. The predicted octanol–water partition coefficient (Wildman–Crippen LogP) is 4.03. The smallest absolute Gasteiger partial charge is 0.0809 e. The SMILES string of the molecule is CC(C)(C)NCc1ccc(COCC2CCCO2)c(Br)c1. The summed E-state index contributed by atoms with van der Waals surface area (Å²) in [5.41, 5.74) is 2.60. The van der Waals surface area contributed by atoms with Crippen LogP contribution < -0.4 is 5.32 Å². The van der Waals surface area contributed by atoms with E-state index in [2.05, 4.69) is 60.2 Å². The van der Waals surface area contributed by atoms with Gasteiger partial charge in [0.05, 0.1) is 19.3 Å². The molecule has 0 saturated carbocycles. The summed E-state index contributed by atoms with van der Waals surface area (Å²) in [7, 11) is 0. The molecule has 2 rings (SSSR count). The summed E-state index contributed by atoms with van der Waals surface area (Å²) < 4.78 is 12.4. The Hall–Kier alpha value is -0.420. The highest BCUT2D eigenvalue weighted by Gasteiger charge is 2.15. The molecular weight excluding hydrogens is 330 g/mol. The van der Waals surface area contributed by atoms with Crippen molar-refractivity contribution in [3.63, 3.8) is 0 Å². The molecule has 21 heavy (non-hydrogen) atoms. The molecule has 0 amide bonds. The molecule has 1 saturated heterocycles. The molecule has 1 aromatic carbocycles. The highest BCUT2D eigenvalue weighted by molar-refractivity contribution is 9.10. The number of hydrogen-bond donors (Lipinski definition) is 1. The fourth-order valence-electron chi connectivity index (χ4n) is 2.26. The monoisotopic (exact) mass is 355 g/mol. The van der Waals surface area contributed by atoms with Crippen molar-refractivity contribution in [2.75, 3.05) is 13.2 Å². The zero-order valence-electron chi connectivity index (χ0n) is 13.2. The zero-order valence-corrected chi connectivity index (χ0v) is 14.8. The van der Waals surface area contributed by atoms with Crippen molar-refractivity contribution in [1.82, 2.24) is 5.32 Å². The zero-order chi connectivity index (χ0) is 15.3. The second kappa shape index (κ2) is 7.73. The number of ether oxygens (including phenoxy) is 2. The van der Waals surface area contributed by atoms with Gasteiger partial charge in [-0.05, 0) is 50.8 Å². The highest BCUT2D eigenvalue weighted by atomic mass is 79.9. The van der Waals surface area contributed by atoms with Gasteiger partial charge in [0.15, 0.2) is 0 Å². The van der Waals surface area contributed by atoms with Crippen molar-refractivity contribution in [2.24, 2.45) is 0 Å². The Balaban J connectivity index is 1.80. The van der Waals surface area contributed by atoms with Crippen LogP contribution in [0.1, 0.15) is 44.7 Å². The molecule has 3 nitrogen and oxygen atoms in total. The van der Waals surface area contributed by atoms with Gasteiger partial charge in [0.1, 0.15) is 0 Å². The average Bonchev–Trinajstić information content (AvgIpc) is 2.91. The molecule has 1 aliphatic rings. The van der Waals surface area contributed by atoms with E-state index in [1.807, 2.05) is 0 Å². The number of benzene rings is 1. The van der Waals surface area contributed by atoms with Gasteiger partial charge in [0.25, 0.3) is 0 Å². The van der Waals surface area contributed by atoms with Crippen LogP contribution in [-0.2, 0) is 22.6 Å². The molecule has 0 spiro atoms. The molecule has 0 aromatic heterocycles. The molecule has 118 valence electrons. The topological polar surface area (TPSA) is 30.5 Å². The van der Waals surface area contributed by atoms with Crippen molar-refractivity contribution in [2.45, 2.75) is 58.4 Å². The van der Waals surface area contributed by atoms with Crippen LogP contribution >= 0.6 is 15.9 Å². The lowest BCUT2D eigenvalue weighted by atomic mass is 10.1. The van der Waals surface area contributed by atoms with E-state index in [0.29, 0.717) is 19.3 Å². The molecule has 1 N–H and O–H groups in total. The number of rotatable bonds is 6. The quantitative estimate of drug-likeness (QED) is 0.835. The number of halogens is 1. The van der Waals surface area contributed by atoms with Crippen LogP contribution in [0.3, 0.4) is 0 Å². The van der Waals surface area contributed by atoms with Crippen LogP contribution in [0.5, 0.6) is 0 Å². The average molecular weight is 356 g/mol. The fraction of sp³-hybridized carbons (Fsp3) is 0.647. The van der Waals surface area contributed by atoms with Crippen molar-refractivity contribution < 1.29 is 9.47 Å². The molecule has 1 atom stereocenters.